The van der Waals surface area contributed by atoms with Crippen LogP contribution in [0.1, 0.15) is 51.4 Å². The molecule has 0 spiro atoms. The van der Waals surface area contributed by atoms with E-state index in [0.29, 0.717) is 13.2 Å². The van der Waals surface area contributed by atoms with E-state index in [1.54, 1.807) is 0 Å². The number of terminal acetylenes is 1. The van der Waals surface area contributed by atoms with Crippen molar-refractivity contribution in [1.82, 2.24) is 0 Å². The Balaban J connectivity index is 2.94. The Morgan fingerprint density at radius 3 is 2.18 bits per heavy atom. The quantitative estimate of drug-likeness (QED) is 0.166. The van der Waals surface area contributed by atoms with Crippen LogP contribution >= 0.6 is 0 Å². The van der Waals surface area contributed by atoms with Gasteiger partial charge in [0.25, 0.3) is 0 Å². The van der Waals surface area contributed by atoms with Crippen molar-refractivity contribution in [3.8, 4) is 12.3 Å². The van der Waals surface area contributed by atoms with Gasteiger partial charge in [-0.25, -0.2) is 0 Å². The lowest BCUT2D eigenvalue weighted by atomic mass is 10.1. The van der Waals surface area contributed by atoms with Crippen LogP contribution in [0.15, 0.2) is 5.11 Å². The molecular formula is C13H23N3O. The van der Waals surface area contributed by atoms with Crippen LogP contribution in [0.5, 0.6) is 0 Å². The third kappa shape index (κ3) is 14.8. The zero-order valence-corrected chi connectivity index (χ0v) is 10.6. The molecular weight excluding hydrogens is 214 g/mol. The van der Waals surface area contributed by atoms with E-state index in [-0.39, 0.29) is 0 Å². The lowest BCUT2D eigenvalue weighted by Crippen LogP contribution is -1.94. The van der Waals surface area contributed by atoms with Crippen LogP contribution in [-0.4, -0.2) is 19.8 Å². The number of hydrogen-bond donors (Lipinski definition) is 0. The van der Waals surface area contributed by atoms with Crippen molar-refractivity contribution in [2.45, 2.75) is 51.4 Å². The van der Waals surface area contributed by atoms with Gasteiger partial charge in [0.1, 0.15) is 6.61 Å². The minimum atomic E-state index is 0.436. The smallest absolute Gasteiger partial charge is 0.107 e. The number of azide groups is 1. The summed E-state index contributed by atoms with van der Waals surface area (Å²) in [4.78, 5) is 2.73. The van der Waals surface area contributed by atoms with Gasteiger partial charge in [0.05, 0.1) is 0 Å². The molecule has 0 bridgehead atoms. The van der Waals surface area contributed by atoms with Crippen molar-refractivity contribution in [3.63, 3.8) is 0 Å². The first kappa shape index (κ1) is 15.8. The summed E-state index contributed by atoms with van der Waals surface area (Å²) in [6.07, 6.45) is 14.7. The number of rotatable bonds is 12. The normalized spacial score (nSPS) is 9.59. The molecule has 4 nitrogen and oxygen atoms in total. The van der Waals surface area contributed by atoms with Gasteiger partial charge in [-0.1, -0.05) is 49.6 Å². The number of unbranched alkanes of at least 4 members (excludes halogenated alkanes) is 7. The van der Waals surface area contributed by atoms with E-state index in [1.807, 2.05) is 0 Å². The van der Waals surface area contributed by atoms with Gasteiger partial charge in [-0.2, -0.15) is 0 Å². The second-order valence-electron chi connectivity index (χ2n) is 4.04. The monoisotopic (exact) mass is 237 g/mol. The Kier molecular flexibility index (Phi) is 13.8. The molecule has 0 radical (unpaired) electrons. The molecule has 0 aliphatic rings. The van der Waals surface area contributed by atoms with Crippen LogP contribution in [-0.2, 0) is 4.74 Å². The zero-order valence-electron chi connectivity index (χ0n) is 10.6. The molecule has 17 heavy (non-hydrogen) atoms. The minimum absolute atomic E-state index is 0.436. The lowest BCUT2D eigenvalue weighted by molar-refractivity contribution is 0.162. The fourth-order valence-electron chi connectivity index (χ4n) is 1.62. The Labute approximate surface area is 104 Å². The average molecular weight is 237 g/mol. The van der Waals surface area contributed by atoms with Crippen molar-refractivity contribution in [3.05, 3.63) is 10.4 Å². The van der Waals surface area contributed by atoms with Gasteiger partial charge in [0.2, 0.25) is 0 Å². The van der Waals surface area contributed by atoms with Gasteiger partial charge in [-0.05, 0) is 18.4 Å². The largest absolute Gasteiger partial charge is 0.369 e. The Morgan fingerprint density at radius 1 is 1.00 bits per heavy atom. The molecule has 0 saturated carbocycles. The van der Waals surface area contributed by atoms with Crippen LogP contribution in [0.3, 0.4) is 0 Å². The molecule has 0 aromatic heterocycles. The predicted octanol–water partition coefficient (Wildman–Crippen LogP) is 4.07. The van der Waals surface area contributed by atoms with Crippen LogP contribution in [0.25, 0.3) is 10.4 Å². The fraction of sp³-hybridized carbons (Fsp3) is 0.846. The van der Waals surface area contributed by atoms with E-state index in [9.17, 15) is 0 Å². The van der Waals surface area contributed by atoms with E-state index in [2.05, 4.69) is 15.9 Å². The van der Waals surface area contributed by atoms with Gasteiger partial charge in [0.15, 0.2) is 0 Å². The molecule has 0 N–H and O–H groups in total. The summed E-state index contributed by atoms with van der Waals surface area (Å²) < 4.78 is 5.19. The molecule has 0 aromatic carbocycles. The van der Waals surface area contributed by atoms with Crippen molar-refractivity contribution in [1.29, 1.82) is 0 Å². The van der Waals surface area contributed by atoms with Gasteiger partial charge >= 0.3 is 0 Å². The molecule has 0 saturated heterocycles. The van der Waals surface area contributed by atoms with Gasteiger partial charge in [-0.3, -0.25) is 0 Å². The van der Waals surface area contributed by atoms with Crippen LogP contribution in [0, 0.1) is 12.3 Å². The van der Waals surface area contributed by atoms with E-state index < -0.39 is 0 Å². The Bertz CT molecular complexity index is 242. The molecule has 4 heteroatoms. The molecule has 0 amide bonds. The van der Waals surface area contributed by atoms with Crippen molar-refractivity contribution >= 4 is 0 Å². The van der Waals surface area contributed by atoms with E-state index in [0.717, 1.165) is 19.4 Å². The maximum atomic E-state index is 8.08. The van der Waals surface area contributed by atoms with E-state index in [4.69, 9.17) is 16.7 Å². The molecule has 0 fully saturated rings. The fourth-order valence-corrected chi connectivity index (χ4v) is 1.62. The molecule has 0 atom stereocenters. The second kappa shape index (κ2) is 14.8. The summed E-state index contributed by atoms with van der Waals surface area (Å²) in [5.74, 6) is 2.46. The number of ether oxygens (including phenoxy) is 1. The van der Waals surface area contributed by atoms with Crippen LogP contribution in [0.2, 0.25) is 0 Å². The third-order valence-corrected chi connectivity index (χ3v) is 2.55. The number of hydrogen-bond acceptors (Lipinski definition) is 2. The predicted molar refractivity (Wildman–Crippen MR) is 70.6 cm³/mol. The average Bonchev–Trinajstić information content (AvgIpc) is 2.35. The number of nitrogens with zero attached hydrogens (tertiary/aromatic N) is 3. The van der Waals surface area contributed by atoms with E-state index in [1.165, 1.54) is 38.5 Å². The van der Waals surface area contributed by atoms with Crippen molar-refractivity contribution in [2.24, 2.45) is 5.11 Å². The molecule has 0 aliphatic carbocycles. The highest BCUT2D eigenvalue weighted by Crippen LogP contribution is 2.08. The minimum Gasteiger partial charge on any atom is -0.369 e. The van der Waals surface area contributed by atoms with Crippen LogP contribution < -0.4 is 0 Å². The van der Waals surface area contributed by atoms with Crippen molar-refractivity contribution in [2.75, 3.05) is 19.8 Å². The highest BCUT2D eigenvalue weighted by molar-refractivity contribution is 4.82. The molecule has 0 unspecified atom stereocenters. The summed E-state index contributed by atoms with van der Waals surface area (Å²) in [6.45, 7) is 1.87. The molecule has 96 valence electrons. The van der Waals surface area contributed by atoms with Gasteiger partial charge in [-0.15, -0.1) is 6.42 Å². The summed E-state index contributed by atoms with van der Waals surface area (Å²) >= 11 is 0. The van der Waals surface area contributed by atoms with Crippen molar-refractivity contribution < 1.29 is 4.74 Å². The standard InChI is InChI=1S/C13H23N3O/c1-2-12-17-13-10-8-6-4-3-5-7-9-11-15-16-14/h1H,3-13H2. The molecule has 0 aliphatic heterocycles. The first-order valence-corrected chi connectivity index (χ1v) is 6.44. The zero-order chi connectivity index (χ0) is 12.6. The summed E-state index contributed by atoms with van der Waals surface area (Å²) in [6, 6.07) is 0. The highest BCUT2D eigenvalue weighted by Gasteiger charge is 1.92. The first-order chi connectivity index (χ1) is 8.41. The Hall–Kier alpha value is -1.17. The second-order valence-corrected chi connectivity index (χ2v) is 4.04. The highest BCUT2D eigenvalue weighted by atomic mass is 16.5. The summed E-state index contributed by atoms with van der Waals surface area (Å²) in [5.41, 5.74) is 8.08. The molecule has 0 rings (SSSR count). The van der Waals surface area contributed by atoms with Gasteiger partial charge < -0.3 is 4.74 Å². The maximum absolute atomic E-state index is 8.08. The first-order valence-electron chi connectivity index (χ1n) is 6.44. The maximum Gasteiger partial charge on any atom is 0.107 e. The topological polar surface area (TPSA) is 58.0 Å². The molecule has 0 aromatic rings. The summed E-state index contributed by atoms with van der Waals surface area (Å²) in [5, 5.41) is 3.51. The lowest BCUT2D eigenvalue weighted by Gasteiger charge is -2.02. The van der Waals surface area contributed by atoms with E-state index >= 15 is 0 Å². The van der Waals surface area contributed by atoms with Gasteiger partial charge in [0, 0.05) is 18.1 Å². The molecule has 0 heterocycles. The SMILES string of the molecule is C#CCOCCCCCCCCCCN=[N+]=[N-]. The summed E-state index contributed by atoms with van der Waals surface area (Å²) in [7, 11) is 0. The van der Waals surface area contributed by atoms with Crippen LogP contribution in [0.4, 0.5) is 0 Å². The Morgan fingerprint density at radius 2 is 1.59 bits per heavy atom. The third-order valence-electron chi connectivity index (χ3n) is 2.55.